The summed E-state index contributed by atoms with van der Waals surface area (Å²) < 4.78 is 5.17. The molecule has 4 heteroatoms. The molecule has 0 aliphatic heterocycles. The van der Waals surface area contributed by atoms with Gasteiger partial charge in [0.1, 0.15) is 5.60 Å². The molecule has 1 N–H and O–H groups in total. The second-order valence-corrected chi connectivity index (χ2v) is 5.68. The number of alkyl carbamates (subject to hydrolysis) is 1. The van der Waals surface area contributed by atoms with Gasteiger partial charge in [-0.2, -0.15) is 0 Å². The van der Waals surface area contributed by atoms with E-state index in [2.05, 4.69) is 5.32 Å². The second kappa shape index (κ2) is 5.52. The number of rotatable bonds is 5. The van der Waals surface area contributed by atoms with Crippen LogP contribution in [0, 0.1) is 5.92 Å². The smallest absolute Gasteiger partial charge is 0.408 e. The lowest BCUT2D eigenvalue weighted by Gasteiger charge is -2.23. The molecule has 1 amide bonds. The van der Waals surface area contributed by atoms with Gasteiger partial charge in [0.2, 0.25) is 0 Å². The zero-order valence-electron chi connectivity index (χ0n) is 11.2. The lowest BCUT2D eigenvalue weighted by atomic mass is 10.0. The Labute approximate surface area is 103 Å². The molecular formula is C13H23NO3. The van der Waals surface area contributed by atoms with Crippen LogP contribution in [-0.2, 0) is 9.53 Å². The van der Waals surface area contributed by atoms with Crippen molar-refractivity contribution in [1.82, 2.24) is 5.32 Å². The van der Waals surface area contributed by atoms with Crippen molar-refractivity contribution < 1.29 is 14.3 Å². The fourth-order valence-corrected chi connectivity index (χ4v) is 1.73. The van der Waals surface area contributed by atoms with Crippen LogP contribution in [0.3, 0.4) is 0 Å². The Morgan fingerprint density at radius 2 is 1.94 bits per heavy atom. The Bertz CT molecular complexity index is 290. The third kappa shape index (κ3) is 5.20. The number of hydrogen-bond acceptors (Lipinski definition) is 3. The van der Waals surface area contributed by atoms with Gasteiger partial charge in [0, 0.05) is 6.42 Å². The van der Waals surface area contributed by atoms with Crippen LogP contribution in [-0.4, -0.2) is 23.5 Å². The Hall–Kier alpha value is -1.06. The molecular weight excluding hydrogens is 218 g/mol. The maximum Gasteiger partial charge on any atom is 0.408 e. The predicted molar refractivity (Wildman–Crippen MR) is 65.8 cm³/mol. The van der Waals surface area contributed by atoms with E-state index < -0.39 is 11.7 Å². The molecule has 0 saturated heterocycles. The highest BCUT2D eigenvalue weighted by molar-refractivity contribution is 5.88. The average molecular weight is 241 g/mol. The zero-order chi connectivity index (χ0) is 13.1. The minimum atomic E-state index is -0.522. The Morgan fingerprint density at radius 3 is 2.35 bits per heavy atom. The molecule has 1 aliphatic carbocycles. The maximum absolute atomic E-state index is 11.9. The summed E-state index contributed by atoms with van der Waals surface area (Å²) in [6, 6.07) is -0.343. The van der Waals surface area contributed by atoms with Crippen LogP contribution in [0.15, 0.2) is 0 Å². The molecule has 0 radical (unpaired) electrons. The van der Waals surface area contributed by atoms with E-state index in [9.17, 15) is 9.59 Å². The minimum absolute atomic E-state index is 0.126. The Kier molecular flexibility index (Phi) is 4.54. The Balaban J connectivity index is 2.49. The highest BCUT2D eigenvalue weighted by Crippen LogP contribution is 2.33. The van der Waals surface area contributed by atoms with Gasteiger partial charge in [0.05, 0.1) is 6.04 Å². The molecule has 1 saturated carbocycles. The van der Waals surface area contributed by atoms with Crippen molar-refractivity contribution in [3.05, 3.63) is 0 Å². The van der Waals surface area contributed by atoms with Crippen molar-refractivity contribution in [3.8, 4) is 0 Å². The summed E-state index contributed by atoms with van der Waals surface area (Å²) in [6.07, 6.45) is 2.90. The maximum atomic E-state index is 11.9. The Morgan fingerprint density at radius 1 is 1.35 bits per heavy atom. The van der Waals surface area contributed by atoms with Gasteiger partial charge in [0.15, 0.2) is 5.78 Å². The van der Waals surface area contributed by atoms with Crippen LogP contribution in [0.4, 0.5) is 4.79 Å². The number of ether oxygens (including phenoxy) is 1. The van der Waals surface area contributed by atoms with Crippen molar-refractivity contribution in [2.45, 2.75) is 65.0 Å². The molecule has 0 unspecified atom stereocenters. The fourth-order valence-electron chi connectivity index (χ4n) is 1.73. The van der Waals surface area contributed by atoms with Gasteiger partial charge in [0.25, 0.3) is 0 Å². The molecule has 17 heavy (non-hydrogen) atoms. The third-order valence-corrected chi connectivity index (χ3v) is 2.61. The minimum Gasteiger partial charge on any atom is -0.444 e. The zero-order valence-corrected chi connectivity index (χ0v) is 11.2. The molecule has 0 bridgehead atoms. The molecule has 98 valence electrons. The van der Waals surface area contributed by atoms with Gasteiger partial charge >= 0.3 is 6.09 Å². The number of hydrogen-bond donors (Lipinski definition) is 1. The number of nitrogens with one attached hydrogen (secondary N) is 1. The fraction of sp³-hybridized carbons (Fsp3) is 0.846. The number of Topliss-reactive ketones (excluding diaryl/α,β-unsaturated/α-hetero) is 1. The van der Waals surface area contributed by atoms with E-state index in [1.165, 1.54) is 0 Å². The van der Waals surface area contributed by atoms with Gasteiger partial charge in [-0.3, -0.25) is 4.79 Å². The van der Waals surface area contributed by atoms with E-state index in [0.29, 0.717) is 12.3 Å². The topological polar surface area (TPSA) is 55.4 Å². The van der Waals surface area contributed by atoms with E-state index in [1.807, 2.05) is 27.7 Å². The lowest BCUT2D eigenvalue weighted by Crippen LogP contribution is -2.44. The van der Waals surface area contributed by atoms with Crippen LogP contribution in [0.1, 0.15) is 53.4 Å². The second-order valence-electron chi connectivity index (χ2n) is 5.68. The molecule has 0 heterocycles. The first-order chi connectivity index (χ1) is 7.83. The summed E-state index contributed by atoms with van der Waals surface area (Å²) in [7, 11) is 0. The van der Waals surface area contributed by atoms with Gasteiger partial charge in [-0.25, -0.2) is 4.79 Å². The first-order valence-electron chi connectivity index (χ1n) is 6.35. The molecule has 0 spiro atoms. The van der Waals surface area contributed by atoms with E-state index >= 15 is 0 Å². The van der Waals surface area contributed by atoms with Gasteiger partial charge < -0.3 is 10.1 Å². The van der Waals surface area contributed by atoms with Gasteiger partial charge in [-0.1, -0.05) is 6.92 Å². The predicted octanol–water partition coefficient (Wildman–Crippen LogP) is 2.66. The average Bonchev–Trinajstić information content (AvgIpc) is 2.94. The summed E-state index contributed by atoms with van der Waals surface area (Å²) >= 11 is 0. The molecule has 1 fully saturated rings. The third-order valence-electron chi connectivity index (χ3n) is 2.61. The van der Waals surface area contributed by atoms with E-state index in [-0.39, 0.29) is 11.8 Å². The SMILES string of the molecule is CCCC(=O)[C@H](NC(=O)OC(C)(C)C)C1CC1. The summed E-state index contributed by atoms with van der Waals surface area (Å²) in [5.41, 5.74) is -0.522. The first kappa shape index (κ1) is 14.0. The molecule has 0 aromatic rings. The van der Waals surface area contributed by atoms with Crippen LogP contribution >= 0.6 is 0 Å². The first-order valence-corrected chi connectivity index (χ1v) is 6.35. The van der Waals surface area contributed by atoms with Crippen molar-refractivity contribution in [1.29, 1.82) is 0 Å². The number of carbonyl (C=O) groups excluding carboxylic acids is 2. The van der Waals surface area contributed by atoms with Crippen LogP contribution in [0.5, 0.6) is 0 Å². The molecule has 1 atom stereocenters. The highest BCUT2D eigenvalue weighted by Gasteiger charge is 2.37. The van der Waals surface area contributed by atoms with Crippen LogP contribution in [0.2, 0.25) is 0 Å². The van der Waals surface area contributed by atoms with Crippen LogP contribution < -0.4 is 5.32 Å². The summed E-state index contributed by atoms with van der Waals surface area (Å²) in [5.74, 6) is 0.447. The number of ketones is 1. The van der Waals surface area contributed by atoms with Crippen molar-refractivity contribution >= 4 is 11.9 Å². The molecule has 0 aromatic carbocycles. The van der Waals surface area contributed by atoms with E-state index in [0.717, 1.165) is 19.3 Å². The van der Waals surface area contributed by atoms with E-state index in [4.69, 9.17) is 4.74 Å². The number of amides is 1. The molecule has 1 aliphatic rings. The van der Waals surface area contributed by atoms with Crippen molar-refractivity contribution in [3.63, 3.8) is 0 Å². The lowest BCUT2D eigenvalue weighted by molar-refractivity contribution is -0.121. The van der Waals surface area contributed by atoms with Gasteiger partial charge in [-0.05, 0) is 46.0 Å². The summed E-state index contributed by atoms with van der Waals surface area (Å²) in [4.78, 5) is 23.5. The molecule has 0 aromatic heterocycles. The normalized spacial score (nSPS) is 17.4. The van der Waals surface area contributed by atoms with Crippen molar-refractivity contribution in [2.24, 2.45) is 5.92 Å². The van der Waals surface area contributed by atoms with Crippen LogP contribution in [0.25, 0.3) is 0 Å². The monoisotopic (exact) mass is 241 g/mol. The number of carbonyl (C=O) groups is 2. The quantitative estimate of drug-likeness (QED) is 0.805. The molecule has 4 nitrogen and oxygen atoms in total. The van der Waals surface area contributed by atoms with Crippen molar-refractivity contribution in [2.75, 3.05) is 0 Å². The van der Waals surface area contributed by atoms with E-state index in [1.54, 1.807) is 0 Å². The standard InChI is InChI=1S/C13H23NO3/c1-5-6-10(15)11(9-7-8-9)14-12(16)17-13(2,3)4/h9,11H,5-8H2,1-4H3,(H,14,16)/t11-/m1/s1. The highest BCUT2D eigenvalue weighted by atomic mass is 16.6. The van der Waals surface area contributed by atoms with Gasteiger partial charge in [-0.15, -0.1) is 0 Å². The molecule has 1 rings (SSSR count). The largest absolute Gasteiger partial charge is 0.444 e. The summed E-state index contributed by atoms with van der Waals surface area (Å²) in [6.45, 7) is 7.40. The summed E-state index contributed by atoms with van der Waals surface area (Å²) in [5, 5.41) is 2.71.